The van der Waals surface area contributed by atoms with Gasteiger partial charge in [-0.15, -0.1) is 0 Å². The molecule has 0 spiro atoms. The van der Waals surface area contributed by atoms with Gasteiger partial charge in [-0.05, 0) is 30.0 Å². The smallest absolute Gasteiger partial charge is 0.332 e. The Morgan fingerprint density at radius 3 is 2.72 bits per heavy atom. The number of aryl methyl sites for hydroxylation is 1. The van der Waals surface area contributed by atoms with Gasteiger partial charge in [0, 0.05) is 13.1 Å². The van der Waals surface area contributed by atoms with Crippen molar-refractivity contribution >= 4 is 22.8 Å². The number of ether oxygens (including phenoxy) is 1. The third-order valence-electron chi connectivity index (χ3n) is 4.66. The molecule has 0 radical (unpaired) electrons. The molecule has 1 aliphatic rings. The maximum Gasteiger partial charge on any atom is 0.332 e. The van der Waals surface area contributed by atoms with Crippen LogP contribution in [0.1, 0.15) is 24.4 Å². The maximum atomic E-state index is 12.6. The van der Waals surface area contributed by atoms with E-state index in [1.54, 1.807) is 7.05 Å². The van der Waals surface area contributed by atoms with Gasteiger partial charge in [0.15, 0.2) is 11.2 Å². The Labute approximate surface area is 147 Å². The van der Waals surface area contributed by atoms with Crippen molar-refractivity contribution < 1.29 is 4.74 Å². The van der Waals surface area contributed by atoms with E-state index in [1.165, 1.54) is 9.13 Å². The summed E-state index contributed by atoms with van der Waals surface area (Å²) in [6.45, 7) is 0.528. The Morgan fingerprint density at radius 2 is 2.00 bits per heavy atom. The Morgan fingerprint density at radius 1 is 1.28 bits per heavy atom. The summed E-state index contributed by atoms with van der Waals surface area (Å²) < 4.78 is 8.47. The summed E-state index contributed by atoms with van der Waals surface area (Å²) >= 11 is 5.83. The molecule has 0 atom stereocenters. The number of benzene rings is 1. The number of imidazole rings is 1. The largest absolute Gasteiger partial charge is 0.373 e. The van der Waals surface area contributed by atoms with Gasteiger partial charge >= 0.3 is 5.69 Å². The predicted molar refractivity (Wildman–Crippen MR) is 93.9 cm³/mol. The molecule has 1 aliphatic carbocycles. The lowest BCUT2D eigenvalue weighted by atomic mass is 9.89. The number of nitrogens with zero attached hydrogens (tertiary/aromatic N) is 3. The van der Waals surface area contributed by atoms with Gasteiger partial charge in [-0.1, -0.05) is 30.3 Å². The van der Waals surface area contributed by atoms with Crippen LogP contribution in [-0.2, 0) is 18.4 Å². The van der Waals surface area contributed by atoms with Gasteiger partial charge in [0.1, 0.15) is 0 Å². The molecule has 2 heterocycles. The van der Waals surface area contributed by atoms with E-state index in [0.29, 0.717) is 19.4 Å². The molecule has 0 amide bonds. The minimum Gasteiger partial charge on any atom is -0.373 e. The first-order valence-corrected chi connectivity index (χ1v) is 8.44. The molecular weight excluding hydrogens is 344 g/mol. The summed E-state index contributed by atoms with van der Waals surface area (Å²) in [5, 5.41) is 0.0949. The number of fused-ring (bicyclic) bond motifs is 1. The summed E-state index contributed by atoms with van der Waals surface area (Å²) in [7, 11) is 1.58. The molecule has 130 valence electrons. The lowest BCUT2D eigenvalue weighted by molar-refractivity contribution is -0.0374. The molecule has 3 aromatic rings. The van der Waals surface area contributed by atoms with Gasteiger partial charge in [-0.3, -0.25) is 13.9 Å². The molecule has 0 saturated heterocycles. The maximum absolute atomic E-state index is 12.6. The van der Waals surface area contributed by atoms with E-state index < -0.39 is 0 Å². The number of nitrogens with one attached hydrogen (secondary N) is 1. The highest BCUT2D eigenvalue weighted by Gasteiger charge is 2.34. The van der Waals surface area contributed by atoms with E-state index in [9.17, 15) is 9.59 Å². The lowest BCUT2D eigenvalue weighted by Crippen LogP contribution is -2.47. The number of halogens is 1. The number of hydrogen-bond donors (Lipinski definition) is 1. The third-order valence-corrected chi connectivity index (χ3v) is 4.84. The second-order valence-electron chi connectivity index (χ2n) is 6.29. The first-order chi connectivity index (χ1) is 12.0. The lowest BCUT2D eigenvalue weighted by Gasteiger charge is -2.35. The summed E-state index contributed by atoms with van der Waals surface area (Å²) in [4.78, 5) is 31.9. The molecule has 25 heavy (non-hydrogen) atoms. The van der Waals surface area contributed by atoms with Crippen molar-refractivity contribution in [2.24, 2.45) is 7.05 Å². The summed E-state index contributed by atoms with van der Waals surface area (Å²) in [6, 6.07) is 9.74. The summed E-state index contributed by atoms with van der Waals surface area (Å²) in [5.74, 6) is 0. The highest BCUT2D eigenvalue weighted by molar-refractivity contribution is 6.28. The van der Waals surface area contributed by atoms with Crippen LogP contribution >= 0.6 is 11.6 Å². The minimum absolute atomic E-state index is 0.0443. The average Bonchev–Trinajstić information content (AvgIpc) is 2.97. The van der Waals surface area contributed by atoms with Crippen molar-refractivity contribution in [3.05, 3.63) is 62.0 Å². The van der Waals surface area contributed by atoms with Gasteiger partial charge < -0.3 is 9.72 Å². The quantitative estimate of drug-likeness (QED) is 0.721. The molecule has 0 unspecified atom stereocenters. The van der Waals surface area contributed by atoms with Crippen LogP contribution in [0.15, 0.2) is 39.9 Å². The molecule has 1 N–H and O–H groups in total. The van der Waals surface area contributed by atoms with Crippen LogP contribution < -0.4 is 11.2 Å². The molecule has 2 aromatic heterocycles. The molecule has 1 saturated carbocycles. The van der Waals surface area contributed by atoms with Crippen molar-refractivity contribution in [2.45, 2.75) is 31.6 Å². The van der Waals surface area contributed by atoms with Crippen molar-refractivity contribution in [1.82, 2.24) is 19.1 Å². The number of rotatable bonds is 4. The van der Waals surface area contributed by atoms with Crippen LogP contribution in [0.2, 0.25) is 5.28 Å². The van der Waals surface area contributed by atoms with E-state index in [4.69, 9.17) is 16.3 Å². The molecule has 7 nitrogen and oxygen atoms in total. The van der Waals surface area contributed by atoms with Crippen LogP contribution in [0.4, 0.5) is 0 Å². The van der Waals surface area contributed by atoms with Crippen molar-refractivity contribution in [2.75, 3.05) is 0 Å². The van der Waals surface area contributed by atoms with E-state index in [0.717, 1.165) is 5.56 Å². The molecular formula is C17H17ClN4O3. The first kappa shape index (κ1) is 16.1. The van der Waals surface area contributed by atoms with E-state index in [-0.39, 0.29) is 39.8 Å². The minimum atomic E-state index is -0.385. The van der Waals surface area contributed by atoms with E-state index in [1.807, 2.05) is 30.3 Å². The Hall–Kier alpha value is -2.38. The van der Waals surface area contributed by atoms with Crippen LogP contribution in [0, 0.1) is 0 Å². The fourth-order valence-corrected chi connectivity index (χ4v) is 3.36. The highest BCUT2D eigenvalue weighted by atomic mass is 35.5. The van der Waals surface area contributed by atoms with Crippen LogP contribution in [-0.4, -0.2) is 25.2 Å². The number of aromatic amines is 1. The SMILES string of the molecule is Cn1c(=O)n(C2CC(OCc3ccccc3)C2)c(=O)c2[nH]c(Cl)nc21. The van der Waals surface area contributed by atoms with E-state index >= 15 is 0 Å². The van der Waals surface area contributed by atoms with Gasteiger partial charge in [0.25, 0.3) is 5.56 Å². The normalized spacial score (nSPS) is 19.9. The van der Waals surface area contributed by atoms with Crippen LogP contribution in [0.5, 0.6) is 0 Å². The van der Waals surface area contributed by atoms with Gasteiger partial charge in [0.05, 0.1) is 12.7 Å². The Bertz CT molecular complexity index is 1030. The third kappa shape index (κ3) is 2.79. The molecule has 8 heteroatoms. The average molecular weight is 361 g/mol. The van der Waals surface area contributed by atoms with Crippen LogP contribution in [0.25, 0.3) is 11.2 Å². The zero-order valence-corrected chi connectivity index (χ0v) is 14.4. The van der Waals surface area contributed by atoms with Gasteiger partial charge in [-0.2, -0.15) is 4.98 Å². The van der Waals surface area contributed by atoms with Gasteiger partial charge in [-0.25, -0.2) is 4.79 Å². The number of H-pyrrole nitrogens is 1. The predicted octanol–water partition coefficient (Wildman–Crippen LogP) is 2.00. The molecule has 1 fully saturated rings. The molecule has 4 rings (SSSR count). The molecule has 0 aliphatic heterocycles. The number of aromatic nitrogens is 4. The summed E-state index contributed by atoms with van der Waals surface area (Å²) in [6.07, 6.45) is 1.31. The Balaban J connectivity index is 1.52. The molecule has 1 aromatic carbocycles. The number of hydrogen-bond acceptors (Lipinski definition) is 4. The monoisotopic (exact) mass is 360 g/mol. The highest BCUT2D eigenvalue weighted by Crippen LogP contribution is 2.33. The van der Waals surface area contributed by atoms with Crippen molar-refractivity contribution in [3.63, 3.8) is 0 Å². The fourth-order valence-electron chi connectivity index (χ4n) is 3.18. The summed E-state index contributed by atoms with van der Waals surface area (Å²) in [5.41, 5.74) is 0.858. The Kier molecular flexibility index (Phi) is 3.97. The molecule has 0 bridgehead atoms. The first-order valence-electron chi connectivity index (χ1n) is 8.07. The van der Waals surface area contributed by atoms with Crippen molar-refractivity contribution in [3.8, 4) is 0 Å². The zero-order valence-electron chi connectivity index (χ0n) is 13.6. The van der Waals surface area contributed by atoms with Gasteiger partial charge in [0.2, 0.25) is 5.28 Å². The second kappa shape index (κ2) is 6.16. The topological polar surface area (TPSA) is 81.9 Å². The zero-order chi connectivity index (χ0) is 17.6. The van der Waals surface area contributed by atoms with Crippen molar-refractivity contribution in [1.29, 1.82) is 0 Å². The fraction of sp³-hybridized carbons (Fsp3) is 0.353. The van der Waals surface area contributed by atoms with E-state index in [2.05, 4.69) is 9.97 Å². The standard InChI is InChI=1S/C17H17ClN4O3/c1-21-14-13(19-16(18)20-14)15(23)22(17(21)24)11-7-12(8-11)25-9-10-5-3-2-4-6-10/h2-6,11-12H,7-9H2,1H3,(H,19,20). The van der Waals surface area contributed by atoms with Crippen LogP contribution in [0.3, 0.4) is 0 Å². The second-order valence-corrected chi connectivity index (χ2v) is 6.64.